The van der Waals surface area contributed by atoms with Crippen LogP contribution >= 0.6 is 0 Å². The van der Waals surface area contributed by atoms with Gasteiger partial charge in [-0.1, -0.05) is 42.5 Å². The van der Waals surface area contributed by atoms with Crippen molar-refractivity contribution in [3.8, 4) is 5.75 Å². The van der Waals surface area contributed by atoms with Gasteiger partial charge < -0.3 is 15.0 Å². The molecule has 1 aliphatic heterocycles. The first-order chi connectivity index (χ1) is 11.6. The van der Waals surface area contributed by atoms with Gasteiger partial charge in [-0.15, -0.1) is 0 Å². The summed E-state index contributed by atoms with van der Waals surface area (Å²) in [6.45, 7) is 0.401. The number of anilines is 1. The normalized spacial score (nSPS) is 16.3. The van der Waals surface area contributed by atoms with E-state index in [1.807, 2.05) is 54.6 Å². The average Bonchev–Trinajstić information content (AvgIpc) is 2.60. The zero-order valence-corrected chi connectivity index (χ0v) is 13.6. The molecule has 124 valence electrons. The van der Waals surface area contributed by atoms with Crippen molar-refractivity contribution < 1.29 is 14.3 Å². The van der Waals surface area contributed by atoms with Crippen molar-refractivity contribution in [2.75, 3.05) is 18.5 Å². The van der Waals surface area contributed by atoms with Gasteiger partial charge in [-0.05, 0) is 17.7 Å². The third-order valence-electron chi connectivity index (χ3n) is 4.04. The van der Waals surface area contributed by atoms with Crippen LogP contribution in [0.15, 0.2) is 54.6 Å². The summed E-state index contributed by atoms with van der Waals surface area (Å²) in [4.78, 5) is 25.9. The molecule has 0 radical (unpaired) electrons. The summed E-state index contributed by atoms with van der Waals surface area (Å²) in [6.07, 6.45) is 0.211. The second-order valence-electron chi connectivity index (χ2n) is 5.77. The lowest BCUT2D eigenvalue weighted by Gasteiger charge is -2.31. The van der Waals surface area contributed by atoms with E-state index in [9.17, 15) is 9.59 Å². The molecular formula is C19H20N2O3. The van der Waals surface area contributed by atoms with E-state index in [1.54, 1.807) is 11.9 Å². The molecule has 1 aliphatic rings. The van der Waals surface area contributed by atoms with Crippen LogP contribution in [0.4, 0.5) is 5.69 Å². The molecule has 0 fully saturated rings. The number of nitrogens with one attached hydrogen (secondary N) is 1. The van der Waals surface area contributed by atoms with Crippen LogP contribution in [0, 0.1) is 0 Å². The third kappa shape index (κ3) is 3.56. The fourth-order valence-corrected chi connectivity index (χ4v) is 2.74. The summed E-state index contributed by atoms with van der Waals surface area (Å²) >= 11 is 0. The van der Waals surface area contributed by atoms with Gasteiger partial charge in [0, 0.05) is 20.0 Å². The van der Waals surface area contributed by atoms with Crippen LogP contribution in [0.25, 0.3) is 0 Å². The number of likely N-dealkylation sites (N-methyl/N-ethyl adjacent to an activating group) is 1. The van der Waals surface area contributed by atoms with E-state index >= 15 is 0 Å². The van der Waals surface area contributed by atoms with Crippen LogP contribution in [0.1, 0.15) is 12.0 Å². The van der Waals surface area contributed by atoms with Gasteiger partial charge in [0.15, 0.2) is 6.10 Å². The second kappa shape index (κ2) is 7.17. The van der Waals surface area contributed by atoms with Gasteiger partial charge in [-0.25, -0.2) is 0 Å². The van der Waals surface area contributed by atoms with E-state index in [0.29, 0.717) is 25.1 Å². The van der Waals surface area contributed by atoms with Gasteiger partial charge in [-0.3, -0.25) is 9.59 Å². The molecule has 1 atom stereocenters. The summed E-state index contributed by atoms with van der Waals surface area (Å²) in [6, 6.07) is 17.0. The van der Waals surface area contributed by atoms with E-state index in [4.69, 9.17) is 4.74 Å². The summed E-state index contributed by atoms with van der Waals surface area (Å²) in [5.41, 5.74) is 1.74. The number of fused-ring (bicyclic) bond motifs is 1. The zero-order valence-electron chi connectivity index (χ0n) is 13.6. The molecule has 0 aromatic heterocycles. The zero-order chi connectivity index (χ0) is 16.9. The van der Waals surface area contributed by atoms with Crippen LogP contribution in [0.5, 0.6) is 5.75 Å². The Bertz CT molecular complexity index is 730. The Morgan fingerprint density at radius 3 is 2.62 bits per heavy atom. The van der Waals surface area contributed by atoms with E-state index in [1.165, 1.54) is 0 Å². The standard InChI is InChI=1S/C19H20N2O3/c1-21-15-9-5-6-10-16(15)24-17(19(21)23)11-12-20-18(22)13-14-7-3-2-4-8-14/h2-10,17H,11-13H2,1H3,(H,20,22). The van der Waals surface area contributed by atoms with Crippen LogP contribution < -0.4 is 15.0 Å². The monoisotopic (exact) mass is 324 g/mol. The lowest BCUT2D eigenvalue weighted by Crippen LogP contribution is -2.45. The maximum Gasteiger partial charge on any atom is 0.267 e. The molecule has 3 rings (SSSR count). The summed E-state index contributed by atoms with van der Waals surface area (Å²) in [5, 5.41) is 2.85. The number of nitrogens with zero attached hydrogens (tertiary/aromatic N) is 1. The largest absolute Gasteiger partial charge is 0.478 e. The van der Waals surface area contributed by atoms with E-state index in [-0.39, 0.29) is 11.8 Å². The lowest BCUT2D eigenvalue weighted by atomic mass is 10.1. The quantitative estimate of drug-likeness (QED) is 0.917. The van der Waals surface area contributed by atoms with Crippen molar-refractivity contribution in [3.05, 3.63) is 60.2 Å². The van der Waals surface area contributed by atoms with Crippen LogP contribution in [-0.2, 0) is 16.0 Å². The first kappa shape index (κ1) is 16.1. The maximum absolute atomic E-state index is 12.3. The number of hydrogen-bond acceptors (Lipinski definition) is 3. The number of ether oxygens (including phenoxy) is 1. The number of amides is 2. The Labute approximate surface area is 141 Å². The van der Waals surface area contributed by atoms with Gasteiger partial charge in [0.2, 0.25) is 5.91 Å². The molecule has 5 nitrogen and oxygen atoms in total. The van der Waals surface area contributed by atoms with Crippen molar-refractivity contribution in [1.29, 1.82) is 0 Å². The Balaban J connectivity index is 1.52. The molecule has 2 amide bonds. The fraction of sp³-hybridized carbons (Fsp3) is 0.263. The number of rotatable bonds is 5. The second-order valence-corrected chi connectivity index (χ2v) is 5.77. The molecule has 1 unspecified atom stereocenters. The molecule has 1 N–H and O–H groups in total. The highest BCUT2D eigenvalue weighted by Crippen LogP contribution is 2.33. The highest BCUT2D eigenvalue weighted by molar-refractivity contribution is 5.99. The van der Waals surface area contributed by atoms with Gasteiger partial charge in [0.1, 0.15) is 5.75 Å². The summed E-state index contributed by atoms with van der Waals surface area (Å²) in [5.74, 6) is 0.546. The lowest BCUT2D eigenvalue weighted by molar-refractivity contribution is -0.127. The van der Waals surface area contributed by atoms with Crippen molar-refractivity contribution in [1.82, 2.24) is 5.32 Å². The third-order valence-corrected chi connectivity index (χ3v) is 4.04. The highest BCUT2D eigenvalue weighted by atomic mass is 16.5. The van der Waals surface area contributed by atoms with Crippen molar-refractivity contribution in [3.63, 3.8) is 0 Å². The molecule has 0 spiro atoms. The summed E-state index contributed by atoms with van der Waals surface area (Å²) in [7, 11) is 1.74. The molecule has 0 bridgehead atoms. The number of carbonyl (C=O) groups excluding carboxylic acids is 2. The van der Waals surface area contributed by atoms with Crippen LogP contribution in [0.3, 0.4) is 0 Å². The Morgan fingerprint density at radius 2 is 1.83 bits per heavy atom. The minimum atomic E-state index is -0.568. The van der Waals surface area contributed by atoms with Gasteiger partial charge >= 0.3 is 0 Å². The van der Waals surface area contributed by atoms with Gasteiger partial charge in [-0.2, -0.15) is 0 Å². The predicted molar refractivity (Wildman–Crippen MR) is 92.0 cm³/mol. The van der Waals surface area contributed by atoms with E-state index in [0.717, 1.165) is 11.3 Å². The first-order valence-electron chi connectivity index (χ1n) is 7.99. The predicted octanol–water partition coefficient (Wildman–Crippen LogP) is 2.16. The molecule has 24 heavy (non-hydrogen) atoms. The van der Waals surface area contributed by atoms with E-state index < -0.39 is 6.10 Å². The molecule has 0 saturated carbocycles. The number of carbonyl (C=O) groups is 2. The van der Waals surface area contributed by atoms with Crippen LogP contribution in [0.2, 0.25) is 0 Å². The minimum Gasteiger partial charge on any atom is -0.478 e. The number of benzene rings is 2. The molecule has 0 saturated heterocycles. The number of para-hydroxylation sites is 2. The molecule has 2 aromatic carbocycles. The molecule has 5 heteroatoms. The Hall–Kier alpha value is -2.82. The molecule has 1 heterocycles. The summed E-state index contributed by atoms with van der Waals surface area (Å²) < 4.78 is 5.77. The van der Waals surface area contributed by atoms with Gasteiger partial charge in [0.25, 0.3) is 5.91 Å². The van der Waals surface area contributed by atoms with Crippen molar-refractivity contribution >= 4 is 17.5 Å². The molecule has 0 aliphatic carbocycles. The first-order valence-corrected chi connectivity index (χ1v) is 7.99. The minimum absolute atomic E-state index is 0.0572. The van der Waals surface area contributed by atoms with Crippen LogP contribution in [-0.4, -0.2) is 31.5 Å². The molecular weight excluding hydrogens is 304 g/mol. The fourth-order valence-electron chi connectivity index (χ4n) is 2.74. The van der Waals surface area contributed by atoms with Gasteiger partial charge in [0.05, 0.1) is 12.1 Å². The number of hydrogen-bond donors (Lipinski definition) is 1. The molecule has 2 aromatic rings. The maximum atomic E-state index is 12.3. The average molecular weight is 324 g/mol. The Kier molecular flexibility index (Phi) is 4.79. The smallest absolute Gasteiger partial charge is 0.267 e. The highest BCUT2D eigenvalue weighted by Gasteiger charge is 2.31. The SMILES string of the molecule is CN1C(=O)C(CCNC(=O)Cc2ccccc2)Oc2ccccc21. The van der Waals surface area contributed by atoms with Crippen molar-refractivity contribution in [2.45, 2.75) is 18.9 Å². The topological polar surface area (TPSA) is 58.6 Å². The Morgan fingerprint density at radius 1 is 1.12 bits per heavy atom. The van der Waals surface area contributed by atoms with Crippen molar-refractivity contribution in [2.24, 2.45) is 0 Å². The van der Waals surface area contributed by atoms with E-state index in [2.05, 4.69) is 5.32 Å².